The van der Waals surface area contributed by atoms with Crippen molar-refractivity contribution in [3.63, 3.8) is 0 Å². The maximum atomic E-state index is 13.6. The van der Waals surface area contributed by atoms with Crippen LogP contribution in [-0.4, -0.2) is 134 Å². The van der Waals surface area contributed by atoms with E-state index < -0.39 is 34.2 Å². The van der Waals surface area contributed by atoms with Crippen molar-refractivity contribution in [1.82, 2.24) is 38.9 Å². The lowest BCUT2D eigenvalue weighted by atomic mass is 10.1. The van der Waals surface area contributed by atoms with E-state index in [1.807, 2.05) is 53.1 Å². The SMILES string of the molecule is COC(=O)c1ccc(Cn2c3cccc([N+](=O)[O-])c3c3ncnc(N4CCN(CCc5ccc(F)c(F)c5)CC4)c32)cc1.COc1cccc(Cn2c3cccc([N+](=O)[O-])c3c3ncnc(N4CCN(CCc5ccc(F)c(F)c5)CC4)c32)c1. The summed E-state index contributed by atoms with van der Waals surface area (Å²) in [5.41, 5.74) is 7.61. The first-order valence-electron chi connectivity index (χ1n) is 27.2. The Morgan fingerprint density at radius 2 is 0.976 bits per heavy atom. The maximum absolute atomic E-state index is 13.6. The van der Waals surface area contributed by atoms with Crippen molar-refractivity contribution in [1.29, 1.82) is 0 Å². The molecule has 6 aromatic carbocycles. The summed E-state index contributed by atoms with van der Waals surface area (Å²) in [5, 5.41) is 25.0. The molecule has 19 nitrogen and oxygen atoms in total. The summed E-state index contributed by atoms with van der Waals surface area (Å²) in [6, 6.07) is 32.9. The molecule has 0 unspecified atom stereocenters. The maximum Gasteiger partial charge on any atom is 0.337 e. The quantitative estimate of drug-likeness (QED) is 0.0383. The molecule has 430 valence electrons. The number of rotatable bonds is 16. The first kappa shape index (κ1) is 56.3. The topological polar surface area (TPSA) is 196 Å². The molecule has 2 saturated heterocycles. The molecule has 0 aliphatic carbocycles. The lowest BCUT2D eigenvalue weighted by molar-refractivity contribution is -0.383. The fraction of sp³-hybridized carbons (Fsp3) is 0.262. The average Bonchev–Trinajstić information content (AvgIpc) is 1.77. The van der Waals surface area contributed by atoms with Crippen molar-refractivity contribution < 1.29 is 41.7 Å². The van der Waals surface area contributed by atoms with Crippen LogP contribution in [0.2, 0.25) is 0 Å². The van der Waals surface area contributed by atoms with Crippen molar-refractivity contribution >= 4 is 72.9 Å². The molecule has 0 atom stereocenters. The van der Waals surface area contributed by atoms with Gasteiger partial charge in [0.1, 0.15) is 51.2 Å². The Morgan fingerprint density at radius 3 is 1.42 bits per heavy atom. The van der Waals surface area contributed by atoms with Crippen LogP contribution in [0.5, 0.6) is 5.75 Å². The Balaban J connectivity index is 0.000000176. The second-order valence-electron chi connectivity index (χ2n) is 20.5. The highest BCUT2D eigenvalue weighted by Crippen LogP contribution is 2.40. The van der Waals surface area contributed by atoms with Gasteiger partial charge in [-0.25, -0.2) is 42.3 Å². The standard InChI is InChI=1S/C31H28F2N6O4.C30H28F2N6O3/c1-43-31(40)22-8-5-21(6-9-22)18-38-25-3-2-4-26(39(41)42)27(25)28-29(38)30(35-19-34-28)37-15-13-36(14-16-37)12-11-20-7-10-23(32)24(33)17-20;1-41-22-5-2-4-21(16-22)18-37-25-6-3-7-26(38(39)40)27(25)28-29(37)30(34-19-33-28)36-14-12-35(13-15-36)11-10-20-8-9-23(31)24(32)17-20/h2-10,17,19H,11-16,18H2,1H3;2-9,16-17,19H,10-15,18H2,1H3. The van der Waals surface area contributed by atoms with E-state index in [2.05, 4.69) is 44.1 Å². The number of aromatic nitrogens is 6. The van der Waals surface area contributed by atoms with Gasteiger partial charge in [-0.15, -0.1) is 0 Å². The number of non-ortho nitro benzene ring substituents is 2. The van der Waals surface area contributed by atoms with E-state index in [-0.39, 0.29) is 16.3 Å². The Morgan fingerprint density at radius 1 is 0.524 bits per heavy atom. The number of anilines is 2. The average molecular weight is 1150 g/mol. The molecule has 0 saturated carbocycles. The van der Waals surface area contributed by atoms with E-state index in [0.717, 1.165) is 84.2 Å². The Hall–Kier alpha value is -9.61. The zero-order valence-corrected chi connectivity index (χ0v) is 45.8. The molecule has 0 bridgehead atoms. The first-order valence-corrected chi connectivity index (χ1v) is 27.2. The van der Waals surface area contributed by atoms with Crippen LogP contribution in [0.3, 0.4) is 0 Å². The third-order valence-electron chi connectivity index (χ3n) is 15.6. The van der Waals surface area contributed by atoms with Crippen molar-refractivity contribution in [2.24, 2.45) is 0 Å². The smallest absolute Gasteiger partial charge is 0.337 e. The molecule has 0 radical (unpaired) electrons. The minimum Gasteiger partial charge on any atom is -0.497 e. The molecule has 6 heterocycles. The van der Waals surface area contributed by atoms with Crippen molar-refractivity contribution in [3.8, 4) is 5.75 Å². The van der Waals surface area contributed by atoms with Crippen LogP contribution >= 0.6 is 0 Å². The van der Waals surface area contributed by atoms with Gasteiger partial charge in [0.25, 0.3) is 11.4 Å². The number of esters is 1. The fourth-order valence-corrected chi connectivity index (χ4v) is 11.3. The molecule has 4 aromatic heterocycles. The summed E-state index contributed by atoms with van der Waals surface area (Å²) in [5.74, 6) is -1.66. The molecule has 2 aliphatic rings. The Bertz CT molecular complexity index is 4110. The highest BCUT2D eigenvalue weighted by Gasteiger charge is 2.30. The number of hydrogen-bond donors (Lipinski definition) is 0. The number of carbonyl (C=O) groups is 1. The summed E-state index contributed by atoms with van der Waals surface area (Å²) < 4.78 is 68.1. The van der Waals surface area contributed by atoms with E-state index >= 15 is 0 Å². The largest absolute Gasteiger partial charge is 0.497 e. The lowest BCUT2D eigenvalue weighted by Crippen LogP contribution is -2.47. The van der Waals surface area contributed by atoms with Gasteiger partial charge in [-0.1, -0.05) is 48.5 Å². The van der Waals surface area contributed by atoms with Crippen LogP contribution in [0, 0.1) is 43.5 Å². The second kappa shape index (κ2) is 24.5. The second-order valence-corrected chi connectivity index (χ2v) is 20.5. The van der Waals surface area contributed by atoms with E-state index in [1.165, 1.54) is 44.0 Å². The number of nitro benzene ring substituents is 2. The highest BCUT2D eigenvalue weighted by atomic mass is 19.2. The number of halogens is 4. The van der Waals surface area contributed by atoms with Gasteiger partial charge in [-0.3, -0.25) is 30.0 Å². The molecule has 84 heavy (non-hydrogen) atoms. The number of piperazine rings is 2. The number of fused-ring (bicyclic) bond motifs is 6. The zero-order chi connectivity index (χ0) is 58.6. The van der Waals surface area contributed by atoms with Gasteiger partial charge in [0, 0.05) is 90.7 Å². The normalized spacial score (nSPS) is 14.1. The minimum absolute atomic E-state index is 0.00333. The van der Waals surface area contributed by atoms with E-state index in [1.54, 1.807) is 43.5 Å². The van der Waals surface area contributed by atoms with E-state index in [4.69, 9.17) is 9.47 Å². The van der Waals surface area contributed by atoms with Gasteiger partial charge in [0.15, 0.2) is 34.9 Å². The summed E-state index contributed by atoms with van der Waals surface area (Å²) in [7, 11) is 2.95. The van der Waals surface area contributed by atoms with Crippen LogP contribution in [0.1, 0.15) is 32.6 Å². The van der Waals surface area contributed by atoms with Crippen molar-refractivity contribution in [2.75, 3.05) is 89.5 Å². The molecule has 23 heteroatoms. The molecular formula is C61H56F4N12O7. The third kappa shape index (κ3) is 11.6. The van der Waals surface area contributed by atoms with Crippen LogP contribution in [0.25, 0.3) is 43.9 Å². The molecule has 12 rings (SSSR count). The number of nitro groups is 2. The number of ether oxygens (including phenoxy) is 2. The minimum atomic E-state index is -0.852. The van der Waals surface area contributed by atoms with Crippen LogP contribution in [0.4, 0.5) is 40.6 Å². The van der Waals surface area contributed by atoms with Crippen molar-refractivity contribution in [3.05, 3.63) is 205 Å². The molecule has 2 aliphatic heterocycles. The lowest BCUT2D eigenvalue weighted by Gasteiger charge is -2.35. The van der Waals surface area contributed by atoms with Gasteiger partial charge < -0.3 is 28.4 Å². The molecule has 2 fully saturated rings. The summed E-state index contributed by atoms with van der Waals surface area (Å²) >= 11 is 0. The number of methoxy groups -OCH3 is 2. The van der Waals surface area contributed by atoms with Crippen LogP contribution in [-0.2, 0) is 30.7 Å². The summed E-state index contributed by atoms with van der Waals surface area (Å²) in [6.07, 6.45) is 4.13. The van der Waals surface area contributed by atoms with Crippen LogP contribution in [0.15, 0.2) is 134 Å². The fourth-order valence-electron chi connectivity index (χ4n) is 11.3. The molecule has 0 amide bonds. The number of nitrogens with zero attached hydrogens (tertiary/aromatic N) is 12. The third-order valence-corrected chi connectivity index (χ3v) is 15.6. The van der Waals surface area contributed by atoms with E-state index in [9.17, 15) is 42.6 Å². The molecule has 0 N–H and O–H groups in total. The monoisotopic (exact) mass is 1140 g/mol. The number of carbonyl (C=O) groups excluding carboxylic acids is 1. The Kier molecular flexibility index (Phi) is 16.4. The molecule has 10 aromatic rings. The van der Waals surface area contributed by atoms with Crippen molar-refractivity contribution in [2.45, 2.75) is 25.9 Å². The van der Waals surface area contributed by atoms with Crippen LogP contribution < -0.4 is 14.5 Å². The van der Waals surface area contributed by atoms with Gasteiger partial charge in [-0.2, -0.15) is 0 Å². The van der Waals surface area contributed by atoms with E-state index in [0.29, 0.717) is 108 Å². The number of benzene rings is 6. The zero-order valence-electron chi connectivity index (χ0n) is 45.8. The predicted molar refractivity (Wildman–Crippen MR) is 310 cm³/mol. The Labute approximate surface area is 478 Å². The van der Waals surface area contributed by atoms with Gasteiger partial charge >= 0.3 is 5.97 Å². The van der Waals surface area contributed by atoms with Gasteiger partial charge in [0.2, 0.25) is 0 Å². The first-order chi connectivity index (χ1) is 40.8. The molecule has 0 spiro atoms. The molecular weight excluding hydrogens is 1090 g/mol. The predicted octanol–water partition coefficient (Wildman–Crippen LogP) is 10.2. The van der Waals surface area contributed by atoms with Gasteiger partial charge in [0.05, 0.1) is 40.7 Å². The number of hydrogen-bond acceptors (Lipinski definition) is 15. The van der Waals surface area contributed by atoms with Gasteiger partial charge in [-0.05, 0) is 95.8 Å². The summed E-state index contributed by atoms with van der Waals surface area (Å²) in [6.45, 7) is 7.89. The highest BCUT2D eigenvalue weighted by molar-refractivity contribution is 6.14. The summed E-state index contributed by atoms with van der Waals surface area (Å²) in [4.78, 5) is 62.5.